The third-order valence-electron chi connectivity index (χ3n) is 3.48. The molecule has 0 fully saturated rings. The van der Waals surface area contributed by atoms with Crippen LogP contribution in [-0.4, -0.2) is 37.3 Å². The maximum Gasteiger partial charge on any atom is 0.271 e. The molecule has 0 heterocycles. The van der Waals surface area contributed by atoms with Gasteiger partial charge < -0.3 is 4.90 Å². The van der Waals surface area contributed by atoms with Crippen molar-refractivity contribution in [2.24, 2.45) is 5.10 Å². The maximum atomic E-state index is 12.1. The van der Waals surface area contributed by atoms with Crippen LogP contribution < -0.4 is 15.8 Å². The quantitative estimate of drug-likeness (QED) is 0.321. The van der Waals surface area contributed by atoms with Crippen LogP contribution in [0.25, 0.3) is 6.08 Å². The van der Waals surface area contributed by atoms with Crippen molar-refractivity contribution < 1.29 is 14.8 Å². The number of amides is 2. The van der Waals surface area contributed by atoms with Crippen LogP contribution in [0.4, 0.5) is 5.69 Å². The van der Waals surface area contributed by atoms with Crippen LogP contribution in [0.5, 0.6) is 0 Å². The number of carbonyl (C=O) groups is 2. The van der Waals surface area contributed by atoms with Crippen molar-refractivity contribution in [2.75, 3.05) is 19.0 Å². The number of carbonyl (C=O) groups excluding carboxylic acids is 2. The van der Waals surface area contributed by atoms with E-state index in [0.29, 0.717) is 11.1 Å². The van der Waals surface area contributed by atoms with Crippen LogP contribution >= 0.6 is 0 Å². The normalized spacial score (nSPS) is 10.9. The van der Waals surface area contributed by atoms with Crippen LogP contribution in [0, 0.1) is 0 Å². The van der Waals surface area contributed by atoms with Crippen LogP contribution in [0.1, 0.15) is 21.5 Å². The number of rotatable bonds is 6. The van der Waals surface area contributed by atoms with E-state index in [2.05, 4.69) is 10.5 Å². The predicted molar refractivity (Wildman–Crippen MR) is 101 cm³/mol. The molecule has 134 valence electrons. The number of benzene rings is 2. The highest BCUT2D eigenvalue weighted by molar-refractivity contribution is 5.96. The van der Waals surface area contributed by atoms with Crippen LogP contribution in [0.15, 0.2) is 59.7 Å². The Balaban J connectivity index is 1.99. The highest BCUT2D eigenvalue weighted by atomic mass is 16.5. The molecule has 7 heteroatoms. The molecule has 0 aliphatic rings. The minimum Gasteiger partial charge on any atom is -0.378 e. The zero-order valence-corrected chi connectivity index (χ0v) is 14.5. The summed E-state index contributed by atoms with van der Waals surface area (Å²) < 4.78 is 0. The van der Waals surface area contributed by atoms with E-state index in [1.165, 1.54) is 11.6 Å². The summed E-state index contributed by atoms with van der Waals surface area (Å²) in [4.78, 5) is 25.1. The minimum absolute atomic E-state index is 0.368. The molecule has 3 N–H and O–H groups in total. The van der Waals surface area contributed by atoms with Gasteiger partial charge in [0.1, 0.15) is 0 Å². The third-order valence-corrected chi connectivity index (χ3v) is 3.48. The lowest BCUT2D eigenvalue weighted by molar-refractivity contribution is -0.124. The number of hydroxylamine groups is 1. The number of nitrogens with one attached hydrogen (secondary N) is 2. The van der Waals surface area contributed by atoms with Gasteiger partial charge in [0.25, 0.3) is 11.8 Å². The largest absolute Gasteiger partial charge is 0.378 e. The molecule has 2 aromatic rings. The second kappa shape index (κ2) is 9.14. The van der Waals surface area contributed by atoms with Crippen LogP contribution in [0.3, 0.4) is 0 Å². The van der Waals surface area contributed by atoms with Crippen molar-refractivity contribution in [1.29, 1.82) is 0 Å². The van der Waals surface area contributed by atoms with E-state index in [9.17, 15) is 9.59 Å². The molecule has 7 nitrogen and oxygen atoms in total. The summed E-state index contributed by atoms with van der Waals surface area (Å²) in [5.41, 5.74) is 6.94. The lowest BCUT2D eigenvalue weighted by Crippen LogP contribution is -2.17. The molecule has 2 amide bonds. The highest BCUT2D eigenvalue weighted by Gasteiger charge is 2.04. The van der Waals surface area contributed by atoms with Gasteiger partial charge in [-0.25, -0.2) is 10.9 Å². The van der Waals surface area contributed by atoms with Gasteiger partial charge in [-0.2, -0.15) is 5.10 Å². The number of nitrogens with zero attached hydrogens (tertiary/aromatic N) is 2. The third kappa shape index (κ3) is 5.57. The summed E-state index contributed by atoms with van der Waals surface area (Å²) >= 11 is 0. The van der Waals surface area contributed by atoms with Crippen molar-refractivity contribution in [3.05, 3.63) is 71.3 Å². The number of hydrogen-bond acceptors (Lipinski definition) is 5. The highest BCUT2D eigenvalue weighted by Crippen LogP contribution is 2.11. The van der Waals surface area contributed by atoms with Gasteiger partial charge >= 0.3 is 0 Å². The van der Waals surface area contributed by atoms with Gasteiger partial charge in [0.2, 0.25) is 0 Å². The van der Waals surface area contributed by atoms with Crippen LogP contribution in [0.2, 0.25) is 0 Å². The molecule has 0 atom stereocenters. The molecule has 0 aliphatic heterocycles. The number of hydrazone groups is 1. The summed E-state index contributed by atoms with van der Waals surface area (Å²) in [6, 6.07) is 14.4. The molecule has 0 spiro atoms. The van der Waals surface area contributed by atoms with Crippen molar-refractivity contribution >= 4 is 29.8 Å². The topological polar surface area (TPSA) is 94.0 Å². The van der Waals surface area contributed by atoms with E-state index in [1.54, 1.807) is 30.5 Å². The van der Waals surface area contributed by atoms with Crippen molar-refractivity contribution in [1.82, 2.24) is 10.9 Å². The van der Waals surface area contributed by atoms with Gasteiger partial charge in [0.05, 0.1) is 6.21 Å². The summed E-state index contributed by atoms with van der Waals surface area (Å²) in [7, 11) is 3.92. The monoisotopic (exact) mass is 352 g/mol. The molecule has 0 radical (unpaired) electrons. The Morgan fingerprint density at radius 3 is 2.46 bits per heavy atom. The summed E-state index contributed by atoms with van der Waals surface area (Å²) in [6.07, 6.45) is 4.21. The first kappa shape index (κ1) is 18.9. The second-order valence-corrected chi connectivity index (χ2v) is 5.62. The van der Waals surface area contributed by atoms with Crippen molar-refractivity contribution in [2.45, 2.75) is 0 Å². The molecule has 0 unspecified atom stereocenters. The zero-order valence-electron chi connectivity index (χ0n) is 14.5. The van der Waals surface area contributed by atoms with Crippen LogP contribution in [-0.2, 0) is 4.79 Å². The van der Waals surface area contributed by atoms with E-state index < -0.39 is 5.91 Å². The molecule has 0 aromatic heterocycles. The molecule has 0 aliphatic carbocycles. The van der Waals surface area contributed by atoms with Crippen molar-refractivity contribution in [3.8, 4) is 0 Å². The Morgan fingerprint density at radius 2 is 1.81 bits per heavy atom. The Morgan fingerprint density at radius 1 is 1.08 bits per heavy atom. The summed E-state index contributed by atoms with van der Waals surface area (Å²) in [5, 5.41) is 12.4. The van der Waals surface area contributed by atoms with Gasteiger partial charge in [0, 0.05) is 31.4 Å². The molecule has 26 heavy (non-hydrogen) atoms. The summed E-state index contributed by atoms with van der Waals surface area (Å²) in [5.74, 6) is -1.02. The Bertz CT molecular complexity index is 827. The standard InChI is InChI=1S/C19H20N4O3/c1-23(2)17-9-6-15(7-10-17)13-20-21-19(25)16-5-3-4-14(12-16)8-11-18(24)22-26/h3-13,26H,1-2H3,(H,21,25)(H,22,24). The lowest BCUT2D eigenvalue weighted by Gasteiger charge is -2.11. The molecular weight excluding hydrogens is 332 g/mol. The van der Waals surface area contributed by atoms with Gasteiger partial charge in [0.15, 0.2) is 0 Å². The van der Waals surface area contributed by atoms with Gasteiger partial charge in [-0.3, -0.25) is 14.8 Å². The average molecular weight is 352 g/mol. The second-order valence-electron chi connectivity index (χ2n) is 5.62. The molecule has 2 rings (SSSR count). The van der Waals surface area contributed by atoms with E-state index in [4.69, 9.17) is 5.21 Å². The van der Waals surface area contributed by atoms with Gasteiger partial charge in [-0.1, -0.05) is 24.3 Å². The fourth-order valence-corrected chi connectivity index (χ4v) is 2.08. The molecular formula is C19H20N4O3. The smallest absolute Gasteiger partial charge is 0.271 e. The minimum atomic E-state index is -0.648. The Kier molecular flexibility index (Phi) is 6.64. The van der Waals surface area contributed by atoms with E-state index in [-0.39, 0.29) is 5.91 Å². The lowest BCUT2D eigenvalue weighted by atomic mass is 10.1. The van der Waals surface area contributed by atoms with E-state index in [1.807, 2.05) is 43.3 Å². The average Bonchev–Trinajstić information content (AvgIpc) is 2.66. The first-order valence-electron chi connectivity index (χ1n) is 7.82. The van der Waals surface area contributed by atoms with E-state index >= 15 is 0 Å². The first-order chi connectivity index (χ1) is 12.5. The fraction of sp³-hybridized carbons (Fsp3) is 0.105. The van der Waals surface area contributed by atoms with E-state index in [0.717, 1.165) is 17.3 Å². The molecule has 0 saturated heterocycles. The molecule has 0 saturated carbocycles. The number of anilines is 1. The molecule has 2 aromatic carbocycles. The molecule has 0 bridgehead atoms. The first-order valence-corrected chi connectivity index (χ1v) is 7.82. The predicted octanol–water partition coefficient (Wildman–Crippen LogP) is 2.04. The number of hydrogen-bond donors (Lipinski definition) is 3. The zero-order chi connectivity index (χ0) is 18.9. The Hall–Kier alpha value is -3.45. The maximum absolute atomic E-state index is 12.1. The Labute approximate surface area is 151 Å². The van der Waals surface area contributed by atoms with Gasteiger partial charge in [-0.05, 0) is 41.5 Å². The summed E-state index contributed by atoms with van der Waals surface area (Å²) in [6.45, 7) is 0. The SMILES string of the molecule is CN(C)c1ccc(C=NNC(=O)c2cccc(C=CC(=O)NO)c2)cc1. The van der Waals surface area contributed by atoms with Crippen molar-refractivity contribution in [3.63, 3.8) is 0 Å². The van der Waals surface area contributed by atoms with Gasteiger partial charge in [-0.15, -0.1) is 0 Å². The fourth-order valence-electron chi connectivity index (χ4n) is 2.08.